The lowest BCUT2D eigenvalue weighted by molar-refractivity contribution is 0.341. The van der Waals surface area contributed by atoms with E-state index < -0.39 is 9.04 Å². The summed E-state index contributed by atoms with van der Waals surface area (Å²) in [6.07, 6.45) is 0. The van der Waals surface area contributed by atoms with Crippen LogP contribution in [0.4, 0.5) is 0 Å². The highest BCUT2D eigenvalue weighted by Crippen LogP contribution is 2.46. The molecule has 3 aromatic rings. The van der Waals surface area contributed by atoms with E-state index in [1.165, 1.54) is 0 Å². The summed E-state index contributed by atoms with van der Waals surface area (Å²) in [5.74, 6) is 2.78. The van der Waals surface area contributed by atoms with Gasteiger partial charge in [-0.1, -0.05) is 32.4 Å². The van der Waals surface area contributed by atoms with Gasteiger partial charge in [-0.05, 0) is 42.8 Å². The van der Waals surface area contributed by atoms with Gasteiger partial charge in [-0.3, -0.25) is 0 Å². The molecule has 1 aromatic heterocycles. The first-order valence-corrected chi connectivity index (χ1v) is 13.1. The lowest BCUT2D eigenvalue weighted by Gasteiger charge is -2.21. The third-order valence-corrected chi connectivity index (χ3v) is 5.43. The van der Waals surface area contributed by atoms with E-state index in [0.29, 0.717) is 23.3 Å². The normalized spacial score (nSPS) is 12.0. The number of benzene rings is 2. The Bertz CT molecular complexity index is 957. The monoisotopic (exact) mass is 436 g/mol. The van der Waals surface area contributed by atoms with Crippen LogP contribution >= 0.6 is 23.2 Å². The molecular weight excluding hydrogens is 411 g/mol. The molecule has 0 atom stereocenters. The molecule has 0 N–H and O–H groups in total. The molecule has 0 unspecified atom stereocenters. The lowest BCUT2D eigenvalue weighted by atomic mass is 9.83. The third-order valence-electron chi connectivity index (χ3n) is 4.29. The number of ether oxygens (including phenoxy) is 1. The van der Waals surface area contributed by atoms with Crippen LogP contribution in [-0.4, -0.2) is 21.5 Å². The number of fused-ring (bicyclic) bond motifs is 1. The minimum absolute atomic E-state index is 0.143. The maximum Gasteiger partial charge on any atom is 0.229 e. The van der Waals surface area contributed by atoms with Crippen molar-refractivity contribution < 1.29 is 13.6 Å². The Morgan fingerprint density at radius 2 is 1.75 bits per heavy atom. The lowest BCUT2D eigenvalue weighted by Crippen LogP contribution is -2.15. The third kappa shape index (κ3) is 4.51. The molecule has 1 heterocycles. The van der Waals surface area contributed by atoms with Gasteiger partial charge in [0.05, 0.1) is 11.3 Å². The van der Waals surface area contributed by atoms with Gasteiger partial charge in [0.15, 0.2) is 0 Å². The highest BCUT2D eigenvalue weighted by atomic mass is 35.5. The van der Waals surface area contributed by atoms with E-state index >= 15 is 0 Å². The van der Waals surface area contributed by atoms with Crippen LogP contribution in [-0.2, 0) is 5.41 Å². The molecule has 0 aliphatic heterocycles. The SMILES string of the molecule is C[SiH](C)Oc1cc(OCCCl)cc2oc(-c3ccc(Cl)cc3)c(C(C)(C)C)c12. The minimum atomic E-state index is -1.34. The molecule has 0 bridgehead atoms. The van der Waals surface area contributed by atoms with Crippen molar-refractivity contribution in [3.8, 4) is 22.8 Å². The van der Waals surface area contributed by atoms with Crippen LogP contribution < -0.4 is 9.16 Å². The van der Waals surface area contributed by atoms with E-state index in [-0.39, 0.29) is 5.41 Å². The van der Waals surface area contributed by atoms with Gasteiger partial charge in [-0.25, -0.2) is 0 Å². The first-order chi connectivity index (χ1) is 13.2. The number of alkyl halides is 1. The summed E-state index contributed by atoms with van der Waals surface area (Å²) in [6.45, 7) is 11.3. The van der Waals surface area contributed by atoms with E-state index in [1.54, 1.807) is 0 Å². The van der Waals surface area contributed by atoms with Crippen molar-refractivity contribution in [2.45, 2.75) is 39.3 Å². The molecule has 0 spiro atoms. The molecule has 150 valence electrons. The van der Waals surface area contributed by atoms with E-state index in [0.717, 1.165) is 33.6 Å². The van der Waals surface area contributed by atoms with Crippen molar-refractivity contribution in [3.05, 3.63) is 47.0 Å². The molecule has 0 aliphatic carbocycles. The Morgan fingerprint density at radius 3 is 2.32 bits per heavy atom. The van der Waals surface area contributed by atoms with E-state index in [9.17, 15) is 0 Å². The maximum atomic E-state index is 6.37. The van der Waals surface area contributed by atoms with Crippen LogP contribution in [0.15, 0.2) is 40.8 Å². The van der Waals surface area contributed by atoms with Gasteiger partial charge in [-0.2, -0.15) is 0 Å². The van der Waals surface area contributed by atoms with E-state index in [2.05, 4.69) is 33.9 Å². The average molecular weight is 437 g/mol. The van der Waals surface area contributed by atoms with Crippen molar-refractivity contribution in [2.24, 2.45) is 0 Å². The summed E-state index contributed by atoms with van der Waals surface area (Å²) in [5, 5.41) is 1.71. The summed E-state index contributed by atoms with van der Waals surface area (Å²) >= 11 is 11.9. The fourth-order valence-electron chi connectivity index (χ4n) is 3.27. The number of hydrogen-bond acceptors (Lipinski definition) is 3. The average Bonchev–Trinajstić information content (AvgIpc) is 3.00. The van der Waals surface area contributed by atoms with Crippen molar-refractivity contribution in [2.75, 3.05) is 12.5 Å². The minimum Gasteiger partial charge on any atom is -0.546 e. The Balaban J connectivity index is 2.30. The van der Waals surface area contributed by atoms with Crippen LogP contribution in [0.25, 0.3) is 22.3 Å². The second-order valence-electron chi connectivity index (χ2n) is 8.06. The van der Waals surface area contributed by atoms with Gasteiger partial charge in [-0.15, -0.1) is 11.6 Å². The van der Waals surface area contributed by atoms with Crippen molar-refractivity contribution in [1.82, 2.24) is 0 Å². The molecule has 6 heteroatoms. The summed E-state index contributed by atoms with van der Waals surface area (Å²) < 4.78 is 18.4. The second-order valence-corrected chi connectivity index (χ2v) is 11.2. The van der Waals surface area contributed by atoms with Crippen LogP contribution in [0.1, 0.15) is 26.3 Å². The molecule has 28 heavy (non-hydrogen) atoms. The summed E-state index contributed by atoms with van der Waals surface area (Å²) in [5.41, 5.74) is 2.72. The number of halogens is 2. The molecule has 0 aliphatic rings. The van der Waals surface area contributed by atoms with Gasteiger partial charge in [0, 0.05) is 28.3 Å². The topological polar surface area (TPSA) is 31.6 Å². The predicted octanol–water partition coefficient (Wildman–Crippen LogP) is 7.03. The largest absolute Gasteiger partial charge is 0.546 e. The second kappa shape index (κ2) is 8.40. The molecule has 0 amide bonds. The van der Waals surface area contributed by atoms with Crippen LogP contribution in [0.3, 0.4) is 0 Å². The fraction of sp³-hybridized carbons (Fsp3) is 0.364. The molecule has 3 rings (SSSR count). The number of rotatable bonds is 6. The summed E-state index contributed by atoms with van der Waals surface area (Å²) in [6, 6.07) is 11.6. The predicted molar refractivity (Wildman–Crippen MR) is 121 cm³/mol. The Labute approximate surface area is 178 Å². The molecule has 0 saturated carbocycles. The quantitative estimate of drug-likeness (QED) is 0.306. The zero-order valence-corrected chi connectivity index (χ0v) is 19.6. The van der Waals surface area contributed by atoms with Gasteiger partial charge >= 0.3 is 0 Å². The molecule has 2 aromatic carbocycles. The molecule has 0 radical (unpaired) electrons. The first-order valence-electron chi connectivity index (χ1n) is 9.43. The fourth-order valence-corrected chi connectivity index (χ4v) is 4.17. The summed E-state index contributed by atoms with van der Waals surface area (Å²) in [7, 11) is -1.34. The van der Waals surface area contributed by atoms with Gasteiger partial charge in [0.1, 0.15) is 29.4 Å². The van der Waals surface area contributed by atoms with E-state index in [4.69, 9.17) is 36.8 Å². The van der Waals surface area contributed by atoms with Crippen LogP contribution in [0, 0.1) is 0 Å². The zero-order valence-electron chi connectivity index (χ0n) is 16.9. The first kappa shape index (κ1) is 21.1. The number of hydrogen-bond donors (Lipinski definition) is 0. The van der Waals surface area contributed by atoms with E-state index in [1.807, 2.05) is 36.4 Å². The standard InChI is InChI=1S/C22H26Cl2O3Si/c1-22(2,3)20-19-17(26-21(20)14-6-8-15(24)9-7-14)12-16(25-11-10-23)13-18(19)27-28(4)5/h6-9,12-13,28H,10-11H2,1-5H3. The van der Waals surface area contributed by atoms with Gasteiger partial charge in [0.2, 0.25) is 9.04 Å². The van der Waals surface area contributed by atoms with Gasteiger partial charge < -0.3 is 13.6 Å². The van der Waals surface area contributed by atoms with Crippen molar-refractivity contribution in [3.63, 3.8) is 0 Å². The highest BCUT2D eigenvalue weighted by Gasteiger charge is 2.29. The molecule has 0 saturated heterocycles. The van der Waals surface area contributed by atoms with Crippen molar-refractivity contribution >= 4 is 43.2 Å². The highest BCUT2D eigenvalue weighted by molar-refractivity contribution is 6.49. The molecule has 3 nitrogen and oxygen atoms in total. The zero-order chi connectivity index (χ0) is 20.5. The molecular formula is C22H26Cl2O3Si. The van der Waals surface area contributed by atoms with Gasteiger partial charge in [0.25, 0.3) is 0 Å². The summed E-state index contributed by atoms with van der Waals surface area (Å²) in [4.78, 5) is 0. The Morgan fingerprint density at radius 1 is 1.07 bits per heavy atom. The van der Waals surface area contributed by atoms with Crippen LogP contribution in [0.2, 0.25) is 18.1 Å². The number of furan rings is 1. The van der Waals surface area contributed by atoms with Crippen LogP contribution in [0.5, 0.6) is 11.5 Å². The smallest absolute Gasteiger partial charge is 0.229 e. The Kier molecular flexibility index (Phi) is 6.33. The van der Waals surface area contributed by atoms with Crippen molar-refractivity contribution in [1.29, 1.82) is 0 Å². The maximum absolute atomic E-state index is 6.37. The molecule has 0 fully saturated rings. The Hall–Kier alpha value is -1.62.